The molecule has 4 rings (SSSR count). The second-order valence-corrected chi connectivity index (χ2v) is 4.45. The minimum absolute atomic E-state index is 0.180. The number of hydrogen-bond donors (Lipinski definition) is 2. The Balaban J connectivity index is 2.04. The number of hydrogen-bond acceptors (Lipinski definition) is 4. The Morgan fingerprint density at radius 3 is 3.05 bits per heavy atom. The first-order chi connectivity index (χ1) is 9.31. The quantitative estimate of drug-likeness (QED) is 0.521. The number of imidazole rings is 1. The number of H-pyrrole nitrogens is 2. The molecular formula is C12H7ClN6. The molecular weight excluding hydrogens is 264 g/mol. The van der Waals surface area contributed by atoms with Crippen molar-refractivity contribution in [1.82, 2.24) is 30.1 Å². The van der Waals surface area contributed by atoms with Gasteiger partial charge in [-0.1, -0.05) is 12.1 Å². The van der Waals surface area contributed by atoms with Crippen LogP contribution in [0.5, 0.6) is 0 Å². The molecule has 0 unspecified atom stereocenters. The molecule has 3 heterocycles. The zero-order valence-corrected chi connectivity index (χ0v) is 10.3. The molecule has 0 amide bonds. The summed E-state index contributed by atoms with van der Waals surface area (Å²) in [5, 5.41) is 8.16. The third-order valence-corrected chi connectivity index (χ3v) is 3.14. The lowest BCUT2D eigenvalue weighted by molar-refractivity contribution is 1.12. The summed E-state index contributed by atoms with van der Waals surface area (Å²) in [6, 6.07) is 5.92. The molecule has 0 atom stereocenters. The molecule has 0 bridgehead atoms. The van der Waals surface area contributed by atoms with Gasteiger partial charge in [0.15, 0.2) is 5.65 Å². The molecule has 92 valence electrons. The van der Waals surface area contributed by atoms with Crippen LogP contribution in [0, 0.1) is 0 Å². The lowest BCUT2D eigenvalue weighted by Gasteiger charge is -2.02. The summed E-state index contributed by atoms with van der Waals surface area (Å²) < 4.78 is 0. The SMILES string of the molecule is Clc1nc(-c2ccc3cn[nH]c3c2)c2[nH]cnc2n1. The zero-order valence-electron chi connectivity index (χ0n) is 9.55. The van der Waals surface area contributed by atoms with Gasteiger partial charge in [0.2, 0.25) is 5.28 Å². The predicted molar refractivity (Wildman–Crippen MR) is 71.8 cm³/mol. The van der Waals surface area contributed by atoms with Crippen LogP contribution < -0.4 is 0 Å². The molecule has 3 aromatic heterocycles. The van der Waals surface area contributed by atoms with Crippen LogP contribution in [-0.2, 0) is 0 Å². The van der Waals surface area contributed by atoms with Crippen molar-refractivity contribution in [3.63, 3.8) is 0 Å². The Kier molecular flexibility index (Phi) is 2.07. The third kappa shape index (κ3) is 1.57. The van der Waals surface area contributed by atoms with Crippen LogP contribution in [0.15, 0.2) is 30.7 Å². The number of nitrogens with one attached hydrogen (secondary N) is 2. The smallest absolute Gasteiger partial charge is 0.225 e. The van der Waals surface area contributed by atoms with E-state index < -0.39 is 0 Å². The lowest BCUT2D eigenvalue weighted by Crippen LogP contribution is -1.90. The van der Waals surface area contributed by atoms with Crippen molar-refractivity contribution in [1.29, 1.82) is 0 Å². The molecule has 19 heavy (non-hydrogen) atoms. The standard InChI is InChI=1S/C12H7ClN6/c13-12-17-9(10-11(18-12)15-5-14-10)6-1-2-7-4-16-19-8(7)3-6/h1-5H,(H,16,19)(H,14,15,17,18). The Labute approximate surface area is 111 Å². The van der Waals surface area contributed by atoms with E-state index in [0.717, 1.165) is 27.7 Å². The van der Waals surface area contributed by atoms with Crippen molar-refractivity contribution in [2.75, 3.05) is 0 Å². The maximum atomic E-state index is 5.93. The first-order valence-corrected chi connectivity index (χ1v) is 5.99. The third-order valence-electron chi connectivity index (χ3n) is 2.97. The van der Waals surface area contributed by atoms with E-state index in [9.17, 15) is 0 Å². The van der Waals surface area contributed by atoms with Crippen molar-refractivity contribution in [2.45, 2.75) is 0 Å². The number of aromatic nitrogens is 6. The number of rotatable bonds is 1. The zero-order chi connectivity index (χ0) is 12.8. The fourth-order valence-corrected chi connectivity index (χ4v) is 2.26. The Hall–Kier alpha value is -2.47. The molecule has 0 aliphatic carbocycles. The van der Waals surface area contributed by atoms with Crippen LogP contribution in [0.1, 0.15) is 0 Å². The largest absolute Gasteiger partial charge is 0.341 e. The molecule has 6 nitrogen and oxygen atoms in total. The highest BCUT2D eigenvalue weighted by atomic mass is 35.5. The van der Waals surface area contributed by atoms with Crippen molar-refractivity contribution in [3.05, 3.63) is 36.0 Å². The van der Waals surface area contributed by atoms with Gasteiger partial charge in [-0.2, -0.15) is 10.1 Å². The van der Waals surface area contributed by atoms with E-state index in [-0.39, 0.29) is 5.28 Å². The summed E-state index contributed by atoms with van der Waals surface area (Å²) in [5.41, 5.74) is 3.92. The average Bonchev–Trinajstić information content (AvgIpc) is 3.04. The first kappa shape index (κ1) is 10.5. The van der Waals surface area contributed by atoms with Gasteiger partial charge in [0, 0.05) is 10.9 Å². The van der Waals surface area contributed by atoms with Crippen LogP contribution in [0.2, 0.25) is 5.28 Å². The van der Waals surface area contributed by atoms with Gasteiger partial charge in [-0.05, 0) is 17.7 Å². The Morgan fingerprint density at radius 1 is 1.16 bits per heavy atom. The predicted octanol–water partition coefficient (Wildman–Crippen LogP) is 2.55. The summed E-state index contributed by atoms with van der Waals surface area (Å²) in [6.45, 7) is 0. The fourth-order valence-electron chi connectivity index (χ4n) is 2.10. The summed E-state index contributed by atoms with van der Waals surface area (Å²) in [7, 11) is 0. The molecule has 0 aliphatic heterocycles. The topological polar surface area (TPSA) is 83.1 Å². The van der Waals surface area contributed by atoms with E-state index in [1.807, 2.05) is 18.2 Å². The molecule has 0 saturated carbocycles. The van der Waals surface area contributed by atoms with E-state index in [2.05, 4.69) is 30.1 Å². The minimum atomic E-state index is 0.180. The van der Waals surface area contributed by atoms with Gasteiger partial charge < -0.3 is 4.98 Å². The maximum Gasteiger partial charge on any atom is 0.225 e. The fraction of sp³-hybridized carbons (Fsp3) is 0. The number of fused-ring (bicyclic) bond motifs is 2. The van der Waals surface area contributed by atoms with Gasteiger partial charge in [-0.15, -0.1) is 0 Å². The Bertz CT molecular complexity index is 893. The van der Waals surface area contributed by atoms with Crippen molar-refractivity contribution < 1.29 is 0 Å². The maximum absolute atomic E-state index is 5.93. The van der Waals surface area contributed by atoms with Gasteiger partial charge in [-0.3, -0.25) is 5.10 Å². The highest BCUT2D eigenvalue weighted by Gasteiger charge is 2.11. The summed E-state index contributed by atoms with van der Waals surface area (Å²) in [5.74, 6) is 0. The molecule has 0 radical (unpaired) electrons. The van der Waals surface area contributed by atoms with Gasteiger partial charge in [-0.25, -0.2) is 9.97 Å². The molecule has 1 aromatic carbocycles. The van der Waals surface area contributed by atoms with Gasteiger partial charge >= 0.3 is 0 Å². The van der Waals surface area contributed by atoms with Crippen molar-refractivity contribution >= 4 is 33.7 Å². The number of aromatic amines is 2. The monoisotopic (exact) mass is 270 g/mol. The highest BCUT2D eigenvalue weighted by molar-refractivity contribution is 6.28. The van der Waals surface area contributed by atoms with Gasteiger partial charge in [0.05, 0.1) is 18.0 Å². The van der Waals surface area contributed by atoms with Crippen LogP contribution >= 0.6 is 11.6 Å². The second kappa shape index (κ2) is 3.76. The normalized spacial score (nSPS) is 11.4. The molecule has 7 heteroatoms. The van der Waals surface area contributed by atoms with Crippen LogP contribution in [0.25, 0.3) is 33.3 Å². The highest BCUT2D eigenvalue weighted by Crippen LogP contribution is 2.27. The number of benzene rings is 1. The molecule has 0 spiro atoms. The first-order valence-electron chi connectivity index (χ1n) is 5.61. The summed E-state index contributed by atoms with van der Waals surface area (Å²) in [4.78, 5) is 15.5. The van der Waals surface area contributed by atoms with Crippen LogP contribution in [-0.4, -0.2) is 30.1 Å². The van der Waals surface area contributed by atoms with Crippen LogP contribution in [0.4, 0.5) is 0 Å². The molecule has 2 N–H and O–H groups in total. The van der Waals surface area contributed by atoms with Gasteiger partial charge in [0.25, 0.3) is 0 Å². The molecule has 0 saturated heterocycles. The van der Waals surface area contributed by atoms with E-state index in [1.54, 1.807) is 12.5 Å². The lowest BCUT2D eigenvalue weighted by atomic mass is 10.1. The van der Waals surface area contributed by atoms with E-state index in [0.29, 0.717) is 5.65 Å². The summed E-state index contributed by atoms with van der Waals surface area (Å²) in [6.07, 6.45) is 3.35. The molecule has 4 aromatic rings. The minimum Gasteiger partial charge on any atom is -0.341 e. The molecule has 0 fully saturated rings. The second-order valence-electron chi connectivity index (χ2n) is 4.11. The average molecular weight is 271 g/mol. The summed E-state index contributed by atoms with van der Waals surface area (Å²) >= 11 is 5.93. The van der Waals surface area contributed by atoms with Crippen LogP contribution in [0.3, 0.4) is 0 Å². The van der Waals surface area contributed by atoms with Crippen molar-refractivity contribution in [2.24, 2.45) is 0 Å². The van der Waals surface area contributed by atoms with Gasteiger partial charge in [0.1, 0.15) is 11.2 Å². The van der Waals surface area contributed by atoms with E-state index >= 15 is 0 Å². The van der Waals surface area contributed by atoms with E-state index in [1.165, 1.54) is 0 Å². The van der Waals surface area contributed by atoms with E-state index in [4.69, 9.17) is 11.6 Å². The molecule has 0 aliphatic rings. The van der Waals surface area contributed by atoms with Crippen molar-refractivity contribution in [3.8, 4) is 11.3 Å². The Morgan fingerprint density at radius 2 is 2.11 bits per heavy atom. The number of nitrogens with zero attached hydrogens (tertiary/aromatic N) is 4. The number of halogens is 1.